The Kier molecular flexibility index (Phi) is 3.86. The van der Waals surface area contributed by atoms with Crippen LogP contribution in [-0.4, -0.2) is 36.5 Å². The summed E-state index contributed by atoms with van der Waals surface area (Å²) in [6.45, 7) is 0.579. The maximum atomic E-state index is 12.4. The molecule has 2 N–H and O–H groups in total. The van der Waals surface area contributed by atoms with E-state index in [0.29, 0.717) is 23.5 Å². The summed E-state index contributed by atoms with van der Waals surface area (Å²) >= 11 is 1.30. The van der Waals surface area contributed by atoms with Crippen LogP contribution in [0.2, 0.25) is 0 Å². The average Bonchev–Trinajstić information content (AvgIpc) is 2.83. The first-order valence-corrected chi connectivity index (χ1v) is 6.75. The number of hydrogen-bond acceptors (Lipinski definition) is 5. The molecule has 1 saturated heterocycles. The number of likely N-dealkylation sites (tertiary alicyclic amines) is 1. The number of carbonyl (C=O) groups is 2. The summed E-state index contributed by atoms with van der Waals surface area (Å²) in [6, 6.07) is 1.23. The van der Waals surface area contributed by atoms with Gasteiger partial charge in [-0.05, 0) is 30.7 Å². The van der Waals surface area contributed by atoms with Gasteiger partial charge in [0.2, 0.25) is 0 Å². The topological polar surface area (TPSA) is 72.6 Å². The van der Waals surface area contributed by atoms with Gasteiger partial charge < -0.3 is 15.4 Å². The third kappa shape index (κ3) is 2.33. The first-order valence-electron chi connectivity index (χ1n) is 5.87. The fourth-order valence-corrected chi connectivity index (χ4v) is 2.95. The van der Waals surface area contributed by atoms with Gasteiger partial charge in [-0.15, -0.1) is 11.3 Å². The number of esters is 1. The van der Waals surface area contributed by atoms with Crippen LogP contribution in [0.5, 0.6) is 0 Å². The predicted molar refractivity (Wildman–Crippen MR) is 69.4 cm³/mol. The molecule has 2 rings (SSSR count). The van der Waals surface area contributed by atoms with Gasteiger partial charge in [0.1, 0.15) is 10.9 Å². The lowest BCUT2D eigenvalue weighted by Gasteiger charge is -2.33. The minimum Gasteiger partial charge on any atom is -0.467 e. The van der Waals surface area contributed by atoms with Gasteiger partial charge in [-0.1, -0.05) is 0 Å². The highest BCUT2D eigenvalue weighted by Gasteiger charge is 2.34. The molecule has 1 aromatic heterocycles. The SMILES string of the molecule is COC(=O)C1CCCCN1C(=O)c1sccc1N. The Morgan fingerprint density at radius 2 is 2.28 bits per heavy atom. The van der Waals surface area contributed by atoms with Crippen molar-refractivity contribution in [3.63, 3.8) is 0 Å². The molecular weight excluding hydrogens is 252 g/mol. The number of hydrogen-bond donors (Lipinski definition) is 1. The zero-order chi connectivity index (χ0) is 13.1. The van der Waals surface area contributed by atoms with E-state index in [1.165, 1.54) is 18.4 Å². The zero-order valence-corrected chi connectivity index (χ0v) is 11.0. The molecule has 0 saturated carbocycles. The molecule has 1 aliphatic rings. The third-order valence-corrected chi connectivity index (χ3v) is 4.05. The number of anilines is 1. The molecule has 0 aromatic carbocycles. The molecule has 2 heterocycles. The van der Waals surface area contributed by atoms with Crippen molar-refractivity contribution in [3.8, 4) is 0 Å². The summed E-state index contributed by atoms with van der Waals surface area (Å²) in [5.41, 5.74) is 6.22. The summed E-state index contributed by atoms with van der Waals surface area (Å²) in [5.74, 6) is -0.518. The number of nitrogens with zero attached hydrogens (tertiary/aromatic N) is 1. The van der Waals surface area contributed by atoms with Crippen LogP contribution in [0.1, 0.15) is 28.9 Å². The lowest BCUT2D eigenvalue weighted by molar-refractivity contribution is -0.147. The highest BCUT2D eigenvalue weighted by molar-refractivity contribution is 7.12. The van der Waals surface area contributed by atoms with Crippen molar-refractivity contribution in [2.45, 2.75) is 25.3 Å². The molecule has 1 amide bonds. The Balaban J connectivity index is 2.21. The molecule has 1 aromatic rings. The van der Waals surface area contributed by atoms with E-state index in [-0.39, 0.29) is 11.9 Å². The Hall–Kier alpha value is -1.56. The van der Waals surface area contributed by atoms with Crippen molar-refractivity contribution in [2.24, 2.45) is 0 Å². The van der Waals surface area contributed by atoms with Crippen LogP contribution in [0.25, 0.3) is 0 Å². The van der Waals surface area contributed by atoms with E-state index < -0.39 is 6.04 Å². The Labute approximate surface area is 110 Å². The average molecular weight is 268 g/mol. The number of nitrogen functional groups attached to an aromatic ring is 1. The summed E-state index contributed by atoms with van der Waals surface area (Å²) in [7, 11) is 1.35. The normalized spacial score (nSPS) is 19.6. The number of methoxy groups -OCH3 is 1. The molecule has 1 aliphatic heterocycles. The summed E-state index contributed by atoms with van der Waals surface area (Å²) < 4.78 is 4.76. The van der Waals surface area contributed by atoms with E-state index >= 15 is 0 Å². The lowest BCUT2D eigenvalue weighted by Crippen LogP contribution is -2.48. The molecule has 0 radical (unpaired) electrons. The first-order chi connectivity index (χ1) is 8.65. The number of amides is 1. The molecule has 18 heavy (non-hydrogen) atoms. The monoisotopic (exact) mass is 268 g/mol. The summed E-state index contributed by atoms with van der Waals surface area (Å²) in [6.07, 6.45) is 2.50. The number of piperidine rings is 1. The van der Waals surface area contributed by atoms with Crippen LogP contribution < -0.4 is 5.73 Å². The minimum atomic E-state index is -0.474. The standard InChI is InChI=1S/C12H16N2O3S/c1-17-12(16)9-4-2-3-6-14(9)11(15)10-8(13)5-7-18-10/h5,7,9H,2-4,6,13H2,1H3. The number of carbonyl (C=O) groups excluding carboxylic acids is 2. The van der Waals surface area contributed by atoms with Crippen LogP contribution in [-0.2, 0) is 9.53 Å². The van der Waals surface area contributed by atoms with Crippen molar-refractivity contribution < 1.29 is 14.3 Å². The van der Waals surface area contributed by atoms with Gasteiger partial charge in [-0.2, -0.15) is 0 Å². The van der Waals surface area contributed by atoms with E-state index in [4.69, 9.17) is 10.5 Å². The van der Waals surface area contributed by atoms with Gasteiger partial charge in [0.15, 0.2) is 0 Å². The molecule has 98 valence electrons. The van der Waals surface area contributed by atoms with Crippen LogP contribution in [0.3, 0.4) is 0 Å². The second-order valence-corrected chi connectivity index (χ2v) is 5.15. The number of thiophene rings is 1. The van der Waals surface area contributed by atoms with E-state index in [9.17, 15) is 9.59 Å². The van der Waals surface area contributed by atoms with E-state index in [0.717, 1.165) is 12.8 Å². The number of rotatable bonds is 2. The predicted octanol–water partition coefficient (Wildman–Crippen LogP) is 1.50. The highest BCUT2D eigenvalue weighted by Crippen LogP contribution is 2.26. The molecule has 6 heteroatoms. The van der Waals surface area contributed by atoms with Crippen LogP contribution in [0.15, 0.2) is 11.4 Å². The van der Waals surface area contributed by atoms with Gasteiger partial charge in [0.25, 0.3) is 5.91 Å². The molecule has 1 fully saturated rings. The fraction of sp³-hybridized carbons (Fsp3) is 0.500. The molecule has 1 atom stereocenters. The lowest BCUT2D eigenvalue weighted by atomic mass is 10.0. The summed E-state index contributed by atoms with van der Waals surface area (Å²) in [5, 5.41) is 1.78. The molecule has 5 nitrogen and oxygen atoms in total. The Morgan fingerprint density at radius 1 is 1.50 bits per heavy atom. The first kappa shape index (κ1) is 12.9. The summed E-state index contributed by atoms with van der Waals surface area (Å²) in [4.78, 5) is 26.1. The van der Waals surface area contributed by atoms with Gasteiger partial charge in [-0.3, -0.25) is 4.79 Å². The van der Waals surface area contributed by atoms with E-state index in [2.05, 4.69) is 0 Å². The molecule has 0 bridgehead atoms. The minimum absolute atomic E-state index is 0.169. The zero-order valence-electron chi connectivity index (χ0n) is 10.2. The Morgan fingerprint density at radius 3 is 2.89 bits per heavy atom. The number of nitrogens with two attached hydrogens (primary N) is 1. The molecular formula is C12H16N2O3S. The van der Waals surface area contributed by atoms with Gasteiger partial charge in [0, 0.05) is 6.54 Å². The van der Waals surface area contributed by atoms with Crippen molar-refractivity contribution in [1.29, 1.82) is 0 Å². The fourth-order valence-electron chi connectivity index (χ4n) is 2.18. The molecule has 0 spiro atoms. The second-order valence-electron chi connectivity index (χ2n) is 4.24. The largest absolute Gasteiger partial charge is 0.467 e. The molecule has 1 unspecified atom stereocenters. The van der Waals surface area contributed by atoms with E-state index in [1.54, 1.807) is 16.3 Å². The van der Waals surface area contributed by atoms with Crippen LogP contribution >= 0.6 is 11.3 Å². The van der Waals surface area contributed by atoms with Crippen LogP contribution in [0.4, 0.5) is 5.69 Å². The van der Waals surface area contributed by atoms with Gasteiger partial charge >= 0.3 is 5.97 Å². The molecule has 0 aliphatic carbocycles. The van der Waals surface area contributed by atoms with Crippen molar-refractivity contribution in [2.75, 3.05) is 19.4 Å². The van der Waals surface area contributed by atoms with Crippen LogP contribution in [0, 0.1) is 0 Å². The van der Waals surface area contributed by atoms with Crippen molar-refractivity contribution >= 4 is 28.9 Å². The maximum Gasteiger partial charge on any atom is 0.328 e. The maximum absolute atomic E-state index is 12.4. The smallest absolute Gasteiger partial charge is 0.328 e. The highest BCUT2D eigenvalue weighted by atomic mass is 32.1. The van der Waals surface area contributed by atoms with Crippen molar-refractivity contribution in [3.05, 3.63) is 16.3 Å². The quantitative estimate of drug-likeness (QED) is 0.825. The third-order valence-electron chi connectivity index (χ3n) is 3.13. The van der Waals surface area contributed by atoms with E-state index in [1.807, 2.05) is 0 Å². The van der Waals surface area contributed by atoms with Crippen molar-refractivity contribution in [1.82, 2.24) is 4.90 Å². The van der Waals surface area contributed by atoms with Gasteiger partial charge in [-0.25, -0.2) is 4.79 Å². The Bertz CT molecular complexity index is 458. The number of ether oxygens (including phenoxy) is 1. The van der Waals surface area contributed by atoms with Gasteiger partial charge in [0.05, 0.1) is 12.8 Å². The second kappa shape index (κ2) is 5.39.